The highest BCUT2D eigenvalue weighted by Gasteiger charge is 2.04. The normalized spacial score (nSPS) is 11.1. The Morgan fingerprint density at radius 3 is 2.78 bits per heavy atom. The molecule has 0 saturated carbocycles. The second-order valence-electron chi connectivity index (χ2n) is 4.76. The third-order valence-corrected chi connectivity index (χ3v) is 4.18. The van der Waals surface area contributed by atoms with E-state index in [1.807, 2.05) is 29.5 Å². The van der Waals surface area contributed by atoms with E-state index in [1.165, 1.54) is 16.0 Å². The summed E-state index contributed by atoms with van der Waals surface area (Å²) in [5.41, 5.74) is 9.32. The van der Waals surface area contributed by atoms with Gasteiger partial charge in [-0.3, -0.25) is 0 Å². The van der Waals surface area contributed by atoms with Gasteiger partial charge in [-0.05, 0) is 55.1 Å². The predicted molar refractivity (Wildman–Crippen MR) is 79.9 cm³/mol. The number of benzene rings is 1. The van der Waals surface area contributed by atoms with E-state index in [9.17, 15) is 0 Å². The molecule has 0 radical (unpaired) electrons. The quantitative estimate of drug-likeness (QED) is 0.836. The number of aryl methyl sites for hydroxylation is 1. The molecular formula is C15H20N2S. The molecular weight excluding hydrogens is 240 g/mol. The molecule has 0 fully saturated rings. The number of rotatable bonds is 5. The average Bonchev–Trinajstić information content (AvgIpc) is 2.72. The van der Waals surface area contributed by atoms with E-state index in [-0.39, 0.29) is 0 Å². The van der Waals surface area contributed by atoms with Crippen molar-refractivity contribution in [1.82, 2.24) is 4.90 Å². The molecule has 18 heavy (non-hydrogen) atoms. The molecule has 3 heteroatoms. The minimum atomic E-state index is 0.843. The topological polar surface area (TPSA) is 29.3 Å². The van der Waals surface area contributed by atoms with Gasteiger partial charge in [-0.2, -0.15) is 0 Å². The molecule has 96 valence electrons. The Morgan fingerprint density at radius 2 is 2.11 bits per heavy atom. The highest BCUT2D eigenvalue weighted by atomic mass is 32.1. The Bertz CT molecular complexity index is 505. The molecule has 1 heterocycles. The van der Waals surface area contributed by atoms with Crippen LogP contribution in [-0.2, 0) is 13.0 Å². The van der Waals surface area contributed by atoms with Gasteiger partial charge in [-0.25, -0.2) is 0 Å². The number of nitrogens with zero attached hydrogens (tertiary/aromatic N) is 1. The molecule has 2 rings (SSSR count). The van der Waals surface area contributed by atoms with Crippen LogP contribution in [0, 0.1) is 6.92 Å². The second kappa shape index (κ2) is 6.03. The van der Waals surface area contributed by atoms with Gasteiger partial charge in [-0.1, -0.05) is 12.1 Å². The maximum atomic E-state index is 5.79. The molecule has 2 nitrogen and oxygen atoms in total. The lowest BCUT2D eigenvalue weighted by atomic mass is 10.2. The molecule has 0 unspecified atom stereocenters. The van der Waals surface area contributed by atoms with Crippen molar-refractivity contribution in [1.29, 1.82) is 0 Å². The molecule has 0 aliphatic carbocycles. The summed E-state index contributed by atoms with van der Waals surface area (Å²) in [6, 6.07) is 10.3. The van der Waals surface area contributed by atoms with Crippen molar-refractivity contribution in [2.24, 2.45) is 0 Å². The zero-order valence-corrected chi connectivity index (χ0v) is 11.8. The molecule has 0 saturated heterocycles. The molecule has 1 aromatic carbocycles. The SMILES string of the molecule is Cc1ccsc1CCN(C)Cc1cccc(N)c1. The van der Waals surface area contributed by atoms with Gasteiger partial charge >= 0.3 is 0 Å². The summed E-state index contributed by atoms with van der Waals surface area (Å²) >= 11 is 1.85. The third-order valence-electron chi connectivity index (χ3n) is 3.09. The number of thiophene rings is 1. The summed E-state index contributed by atoms with van der Waals surface area (Å²) in [4.78, 5) is 3.84. The number of hydrogen-bond acceptors (Lipinski definition) is 3. The number of nitrogen functional groups attached to an aromatic ring is 1. The van der Waals surface area contributed by atoms with Gasteiger partial charge in [0.15, 0.2) is 0 Å². The fourth-order valence-corrected chi connectivity index (χ4v) is 2.93. The van der Waals surface area contributed by atoms with E-state index in [2.05, 4.69) is 36.4 Å². The standard InChI is InChI=1S/C15H20N2S/c1-12-7-9-18-15(12)6-8-17(2)11-13-4-3-5-14(16)10-13/h3-5,7,9-10H,6,8,11,16H2,1-2H3. The minimum absolute atomic E-state index is 0.843. The molecule has 0 atom stereocenters. The van der Waals surface area contributed by atoms with Crippen LogP contribution in [0.3, 0.4) is 0 Å². The highest BCUT2D eigenvalue weighted by Crippen LogP contribution is 2.16. The van der Waals surface area contributed by atoms with E-state index in [1.54, 1.807) is 0 Å². The van der Waals surface area contributed by atoms with Crippen LogP contribution >= 0.6 is 11.3 Å². The van der Waals surface area contributed by atoms with Crippen molar-refractivity contribution in [3.8, 4) is 0 Å². The van der Waals surface area contributed by atoms with Crippen molar-refractivity contribution >= 4 is 17.0 Å². The van der Waals surface area contributed by atoms with E-state index >= 15 is 0 Å². The van der Waals surface area contributed by atoms with E-state index in [0.29, 0.717) is 0 Å². The van der Waals surface area contributed by atoms with Crippen LogP contribution in [0.4, 0.5) is 5.69 Å². The minimum Gasteiger partial charge on any atom is -0.399 e. The Morgan fingerprint density at radius 1 is 1.28 bits per heavy atom. The lowest BCUT2D eigenvalue weighted by molar-refractivity contribution is 0.332. The first-order chi connectivity index (χ1) is 8.65. The summed E-state index contributed by atoms with van der Waals surface area (Å²) in [6.45, 7) is 4.22. The number of hydrogen-bond donors (Lipinski definition) is 1. The first-order valence-corrected chi connectivity index (χ1v) is 7.09. The summed E-state index contributed by atoms with van der Waals surface area (Å²) in [6.07, 6.45) is 1.13. The van der Waals surface area contributed by atoms with Crippen LogP contribution in [0.15, 0.2) is 35.7 Å². The maximum absolute atomic E-state index is 5.79. The summed E-state index contributed by atoms with van der Waals surface area (Å²) in [5, 5.41) is 2.17. The molecule has 0 aliphatic rings. The average molecular weight is 260 g/mol. The zero-order chi connectivity index (χ0) is 13.0. The number of likely N-dealkylation sites (N-methyl/N-ethyl adjacent to an activating group) is 1. The molecule has 1 aromatic heterocycles. The maximum Gasteiger partial charge on any atom is 0.0317 e. The Balaban J connectivity index is 1.86. The lowest BCUT2D eigenvalue weighted by Crippen LogP contribution is -2.20. The van der Waals surface area contributed by atoms with Crippen molar-refractivity contribution in [2.45, 2.75) is 19.9 Å². The van der Waals surface area contributed by atoms with Gasteiger partial charge in [0, 0.05) is 23.7 Å². The Labute approximate surface area is 113 Å². The summed E-state index contributed by atoms with van der Waals surface area (Å²) in [7, 11) is 2.16. The number of anilines is 1. The Kier molecular flexibility index (Phi) is 4.39. The van der Waals surface area contributed by atoms with Gasteiger partial charge in [0.05, 0.1) is 0 Å². The van der Waals surface area contributed by atoms with E-state index in [0.717, 1.165) is 25.2 Å². The van der Waals surface area contributed by atoms with E-state index < -0.39 is 0 Å². The van der Waals surface area contributed by atoms with E-state index in [4.69, 9.17) is 5.73 Å². The van der Waals surface area contributed by atoms with Crippen molar-refractivity contribution in [3.63, 3.8) is 0 Å². The van der Waals surface area contributed by atoms with Crippen LogP contribution in [-0.4, -0.2) is 18.5 Å². The van der Waals surface area contributed by atoms with Crippen LogP contribution in [0.2, 0.25) is 0 Å². The summed E-state index contributed by atoms with van der Waals surface area (Å²) < 4.78 is 0. The Hall–Kier alpha value is -1.32. The third kappa shape index (κ3) is 3.59. The van der Waals surface area contributed by atoms with Gasteiger partial charge in [0.2, 0.25) is 0 Å². The van der Waals surface area contributed by atoms with Crippen LogP contribution < -0.4 is 5.73 Å². The fourth-order valence-electron chi connectivity index (χ4n) is 2.03. The first kappa shape index (κ1) is 13.1. The second-order valence-corrected chi connectivity index (χ2v) is 5.76. The molecule has 2 aromatic rings. The molecule has 0 aliphatic heterocycles. The van der Waals surface area contributed by atoms with Crippen LogP contribution in [0.5, 0.6) is 0 Å². The van der Waals surface area contributed by atoms with Gasteiger partial charge in [-0.15, -0.1) is 11.3 Å². The summed E-state index contributed by atoms with van der Waals surface area (Å²) in [5.74, 6) is 0. The molecule has 0 bridgehead atoms. The van der Waals surface area contributed by atoms with Gasteiger partial charge in [0.25, 0.3) is 0 Å². The van der Waals surface area contributed by atoms with Crippen molar-refractivity contribution < 1.29 is 0 Å². The smallest absolute Gasteiger partial charge is 0.0317 e. The van der Waals surface area contributed by atoms with Gasteiger partial charge in [0.1, 0.15) is 0 Å². The highest BCUT2D eigenvalue weighted by molar-refractivity contribution is 7.10. The van der Waals surface area contributed by atoms with Crippen molar-refractivity contribution in [3.05, 3.63) is 51.7 Å². The lowest BCUT2D eigenvalue weighted by Gasteiger charge is -2.16. The van der Waals surface area contributed by atoms with Crippen molar-refractivity contribution in [2.75, 3.05) is 19.3 Å². The predicted octanol–water partition coefficient (Wildman–Crippen LogP) is 3.31. The molecule has 0 amide bonds. The monoisotopic (exact) mass is 260 g/mol. The molecule has 0 spiro atoms. The molecule has 2 N–H and O–H groups in total. The largest absolute Gasteiger partial charge is 0.399 e. The number of nitrogens with two attached hydrogens (primary N) is 1. The van der Waals surface area contributed by atoms with Crippen LogP contribution in [0.1, 0.15) is 16.0 Å². The fraction of sp³-hybridized carbons (Fsp3) is 0.333. The van der Waals surface area contributed by atoms with Gasteiger partial charge < -0.3 is 10.6 Å². The first-order valence-electron chi connectivity index (χ1n) is 6.21. The van der Waals surface area contributed by atoms with Crippen LogP contribution in [0.25, 0.3) is 0 Å². The zero-order valence-electron chi connectivity index (χ0n) is 11.0.